The first-order chi connectivity index (χ1) is 17.3. The Morgan fingerprint density at radius 1 is 1.06 bits per heavy atom. The molecule has 2 amide bonds. The molecule has 0 radical (unpaired) electrons. The van der Waals surface area contributed by atoms with Gasteiger partial charge in [0.2, 0.25) is 11.8 Å². The number of carbonyl (C=O) groups excluding carboxylic acids is 4. The summed E-state index contributed by atoms with van der Waals surface area (Å²) in [5.41, 5.74) is 2.62. The van der Waals surface area contributed by atoms with E-state index in [1.54, 1.807) is 24.3 Å². The Labute approximate surface area is 212 Å². The van der Waals surface area contributed by atoms with Crippen LogP contribution in [0.3, 0.4) is 0 Å². The van der Waals surface area contributed by atoms with E-state index in [-0.39, 0.29) is 27.8 Å². The number of carbonyl (C=O) groups is 4. The number of nitrogens with one attached hydrogen (secondary N) is 2. The van der Waals surface area contributed by atoms with Crippen molar-refractivity contribution in [2.45, 2.75) is 19.3 Å². The maximum atomic E-state index is 12.9. The normalized spacial score (nSPS) is 17.0. The highest BCUT2D eigenvalue weighted by Crippen LogP contribution is 2.40. The van der Waals surface area contributed by atoms with E-state index in [0.717, 1.165) is 30.9 Å². The van der Waals surface area contributed by atoms with Crippen LogP contribution in [0.2, 0.25) is 0 Å². The summed E-state index contributed by atoms with van der Waals surface area (Å²) in [4.78, 5) is 49.7. The number of allylic oxidation sites excluding steroid dienone is 1. The summed E-state index contributed by atoms with van der Waals surface area (Å²) in [6, 6.07) is 15.6. The first-order valence-electron chi connectivity index (χ1n) is 11.1. The van der Waals surface area contributed by atoms with E-state index >= 15 is 0 Å². The Kier molecular flexibility index (Phi) is 8.86. The minimum Gasteiger partial charge on any atom is -0.468 e. The van der Waals surface area contributed by atoms with Crippen LogP contribution < -0.4 is 10.6 Å². The fourth-order valence-corrected chi connectivity index (χ4v) is 4.63. The van der Waals surface area contributed by atoms with Gasteiger partial charge in [0.1, 0.15) is 5.92 Å². The lowest BCUT2D eigenvalue weighted by Crippen LogP contribution is -2.44. The molecule has 2 aromatic rings. The van der Waals surface area contributed by atoms with Crippen LogP contribution in [-0.2, 0) is 30.3 Å². The first-order valence-corrected chi connectivity index (χ1v) is 12.0. The number of amides is 2. The molecule has 0 spiro atoms. The fourth-order valence-electron chi connectivity index (χ4n) is 3.78. The van der Waals surface area contributed by atoms with E-state index in [9.17, 15) is 24.4 Å². The van der Waals surface area contributed by atoms with Crippen molar-refractivity contribution in [1.29, 1.82) is 5.26 Å². The molecule has 0 fully saturated rings. The lowest BCUT2D eigenvalue weighted by Gasteiger charge is -2.31. The van der Waals surface area contributed by atoms with Crippen molar-refractivity contribution in [1.82, 2.24) is 5.32 Å². The minimum atomic E-state index is -1.32. The average Bonchev–Trinajstić information content (AvgIpc) is 2.91. The topological polar surface area (TPSA) is 135 Å². The van der Waals surface area contributed by atoms with Crippen LogP contribution in [0, 0.1) is 17.2 Å². The maximum Gasteiger partial charge on any atom is 0.337 e. The van der Waals surface area contributed by atoms with Gasteiger partial charge in [0, 0.05) is 11.6 Å². The van der Waals surface area contributed by atoms with Crippen LogP contribution in [0.5, 0.6) is 0 Å². The number of hydrogen-bond acceptors (Lipinski definition) is 8. The molecular weight excluding hydrogens is 482 g/mol. The summed E-state index contributed by atoms with van der Waals surface area (Å²) in [7, 11) is 2.41. The molecule has 0 bridgehead atoms. The van der Waals surface area contributed by atoms with Crippen LogP contribution in [0.15, 0.2) is 59.1 Å². The second-order valence-corrected chi connectivity index (χ2v) is 8.81. The zero-order valence-corrected chi connectivity index (χ0v) is 20.8. The number of anilines is 1. The van der Waals surface area contributed by atoms with E-state index in [0.29, 0.717) is 11.3 Å². The van der Waals surface area contributed by atoms with E-state index in [2.05, 4.69) is 16.7 Å². The van der Waals surface area contributed by atoms with Gasteiger partial charge >= 0.3 is 11.9 Å². The molecule has 186 valence electrons. The number of hydrogen-bond donors (Lipinski definition) is 2. The van der Waals surface area contributed by atoms with Gasteiger partial charge in [-0.25, -0.2) is 4.79 Å². The third-order valence-corrected chi connectivity index (χ3v) is 6.69. The predicted molar refractivity (Wildman–Crippen MR) is 134 cm³/mol. The lowest BCUT2D eigenvalue weighted by atomic mass is 9.78. The van der Waals surface area contributed by atoms with Crippen LogP contribution in [-0.4, -0.2) is 43.7 Å². The zero-order chi connectivity index (χ0) is 26.2. The third kappa shape index (κ3) is 5.93. The largest absolute Gasteiger partial charge is 0.468 e. The molecule has 2 aromatic carbocycles. The zero-order valence-electron chi connectivity index (χ0n) is 20.0. The standard InChI is InChI=1S/C26H25N3O6S/c1-4-15-5-11-18(12-6-15)28-20(30)14-36-24-19(13-27)21(22(23(31)29-24)26(33)35-3)16-7-9-17(10-8-16)25(32)34-2/h5-12,21-22H,4,14H2,1-3H3,(H,28,30)(H,29,31)/t21-,22-/m1/s1. The summed E-state index contributed by atoms with van der Waals surface area (Å²) in [6.45, 7) is 2.04. The first kappa shape index (κ1) is 26.5. The van der Waals surface area contributed by atoms with Gasteiger partial charge in [-0.2, -0.15) is 5.26 Å². The molecule has 1 aliphatic heterocycles. The van der Waals surface area contributed by atoms with Crippen molar-refractivity contribution in [3.8, 4) is 6.07 Å². The number of methoxy groups -OCH3 is 2. The molecule has 3 rings (SSSR count). The monoisotopic (exact) mass is 507 g/mol. The predicted octanol–water partition coefficient (Wildman–Crippen LogP) is 3.15. The van der Waals surface area contributed by atoms with Crippen LogP contribution >= 0.6 is 11.8 Å². The molecule has 1 aliphatic rings. The quantitative estimate of drug-likeness (QED) is 0.411. The highest BCUT2D eigenvalue weighted by molar-refractivity contribution is 8.03. The SMILES string of the molecule is CCc1ccc(NC(=O)CSC2=C(C#N)[C@@H](c3ccc(C(=O)OC)cc3)[C@@H](C(=O)OC)C(=O)N2)cc1. The number of nitrogens with zero attached hydrogens (tertiary/aromatic N) is 1. The molecule has 2 atom stereocenters. The van der Waals surface area contributed by atoms with E-state index in [4.69, 9.17) is 9.47 Å². The van der Waals surface area contributed by atoms with Crippen molar-refractivity contribution >= 4 is 41.2 Å². The molecule has 9 nitrogen and oxygen atoms in total. The van der Waals surface area contributed by atoms with Gasteiger partial charge < -0.3 is 20.1 Å². The molecule has 0 aliphatic carbocycles. The van der Waals surface area contributed by atoms with E-state index in [1.165, 1.54) is 19.2 Å². The molecule has 0 saturated carbocycles. The highest BCUT2D eigenvalue weighted by Gasteiger charge is 2.44. The lowest BCUT2D eigenvalue weighted by molar-refractivity contribution is -0.150. The Balaban J connectivity index is 1.88. The molecule has 10 heteroatoms. The van der Waals surface area contributed by atoms with Gasteiger partial charge in [0.25, 0.3) is 0 Å². The van der Waals surface area contributed by atoms with Gasteiger partial charge in [0.05, 0.1) is 42.2 Å². The molecule has 36 heavy (non-hydrogen) atoms. The third-order valence-electron chi connectivity index (χ3n) is 5.67. The summed E-state index contributed by atoms with van der Waals surface area (Å²) in [6.07, 6.45) is 0.883. The molecule has 1 heterocycles. The summed E-state index contributed by atoms with van der Waals surface area (Å²) in [5.74, 6) is -4.68. The Hall–Kier alpha value is -4.10. The minimum absolute atomic E-state index is 0.0762. The molecular formula is C26H25N3O6S. The number of thioether (sulfide) groups is 1. The van der Waals surface area contributed by atoms with Gasteiger partial charge in [-0.3, -0.25) is 14.4 Å². The van der Waals surface area contributed by atoms with Gasteiger partial charge in [-0.15, -0.1) is 0 Å². The molecule has 0 unspecified atom stereocenters. The second-order valence-electron chi connectivity index (χ2n) is 7.82. The number of rotatable bonds is 8. The van der Waals surface area contributed by atoms with Crippen molar-refractivity contribution in [2.24, 2.45) is 5.92 Å². The number of benzene rings is 2. The summed E-state index contributed by atoms with van der Waals surface area (Å²) < 4.78 is 9.53. The molecule has 0 saturated heterocycles. The Bertz CT molecular complexity index is 1230. The summed E-state index contributed by atoms with van der Waals surface area (Å²) in [5, 5.41) is 15.5. The summed E-state index contributed by atoms with van der Waals surface area (Å²) >= 11 is 0.987. The van der Waals surface area contributed by atoms with Gasteiger partial charge in [-0.1, -0.05) is 43.0 Å². The van der Waals surface area contributed by atoms with Crippen LogP contribution in [0.25, 0.3) is 0 Å². The smallest absolute Gasteiger partial charge is 0.337 e. The number of ether oxygens (including phenoxy) is 2. The second kappa shape index (κ2) is 12.0. The van der Waals surface area contributed by atoms with Crippen molar-refractivity contribution in [3.63, 3.8) is 0 Å². The van der Waals surface area contributed by atoms with Crippen molar-refractivity contribution in [3.05, 3.63) is 75.8 Å². The van der Waals surface area contributed by atoms with Gasteiger partial charge in [-0.05, 0) is 41.8 Å². The maximum absolute atomic E-state index is 12.9. The van der Waals surface area contributed by atoms with E-state index in [1.807, 2.05) is 19.1 Å². The van der Waals surface area contributed by atoms with E-state index < -0.39 is 29.7 Å². The Morgan fingerprint density at radius 2 is 1.72 bits per heavy atom. The van der Waals surface area contributed by atoms with Crippen molar-refractivity contribution in [2.75, 3.05) is 25.3 Å². The number of nitriles is 1. The molecule has 2 N–H and O–H groups in total. The van der Waals surface area contributed by atoms with Crippen molar-refractivity contribution < 1.29 is 28.7 Å². The fraction of sp³-hybridized carbons (Fsp3) is 0.269. The number of esters is 2. The van der Waals surface area contributed by atoms with Gasteiger partial charge in [0.15, 0.2) is 0 Å². The highest BCUT2D eigenvalue weighted by atomic mass is 32.2. The van der Waals surface area contributed by atoms with Crippen LogP contribution in [0.4, 0.5) is 5.69 Å². The average molecular weight is 508 g/mol. The number of aryl methyl sites for hydroxylation is 1. The van der Waals surface area contributed by atoms with Crippen LogP contribution in [0.1, 0.15) is 34.3 Å². The Morgan fingerprint density at radius 3 is 2.28 bits per heavy atom. The molecule has 0 aromatic heterocycles.